The van der Waals surface area contributed by atoms with E-state index in [0.717, 1.165) is 33.5 Å². The zero-order chi connectivity index (χ0) is 42.9. The Morgan fingerprint density at radius 3 is 2.09 bits per heavy atom. The molecule has 0 amide bonds. The Hall–Kier alpha value is -5.46. The van der Waals surface area contributed by atoms with E-state index in [1.807, 2.05) is 85.9 Å². The van der Waals surface area contributed by atoms with Gasteiger partial charge in [-0.15, -0.1) is 12.1 Å². The Labute approximate surface area is 362 Å². The quantitative estimate of drug-likeness (QED) is 0.118. The maximum Gasteiger partial charge on any atom is 0.121 e. The van der Waals surface area contributed by atoms with Gasteiger partial charge in [-0.25, -0.2) is 0 Å². The summed E-state index contributed by atoms with van der Waals surface area (Å²) >= 11 is -2.25. The van der Waals surface area contributed by atoms with Gasteiger partial charge in [0.25, 0.3) is 0 Å². The Morgan fingerprint density at radius 2 is 1.38 bits per heavy atom. The number of furan rings is 1. The Morgan fingerprint density at radius 1 is 0.724 bits per heavy atom. The molecule has 1 atom stereocenters. The molecular weight excluding hydrogens is 952 g/mol. The summed E-state index contributed by atoms with van der Waals surface area (Å²) in [5, 5.41) is 1.03. The summed E-state index contributed by atoms with van der Waals surface area (Å²) in [5.74, 6) is 5.82. The third kappa shape index (κ3) is 8.54. The fourth-order valence-corrected chi connectivity index (χ4v) is 10.3. The second-order valence-electron chi connectivity index (χ2n) is 15.0. The molecule has 0 saturated carbocycles. The molecular formula is C52H43FGeIrN2O-2. The molecule has 1 radical (unpaired) electrons. The topological polar surface area (TPSA) is 38.9 Å². The van der Waals surface area contributed by atoms with Gasteiger partial charge >= 0.3 is 185 Å². The van der Waals surface area contributed by atoms with Gasteiger partial charge in [0.05, 0.1) is 5.58 Å². The van der Waals surface area contributed by atoms with Crippen molar-refractivity contribution in [3.8, 4) is 44.8 Å². The van der Waals surface area contributed by atoms with Crippen LogP contribution in [0.1, 0.15) is 35.0 Å². The molecule has 6 aromatic carbocycles. The largest absolute Gasteiger partial charge is 0.500 e. The molecule has 3 nitrogen and oxygen atoms in total. The van der Waals surface area contributed by atoms with Gasteiger partial charge in [-0.2, -0.15) is 0 Å². The summed E-state index contributed by atoms with van der Waals surface area (Å²) in [5.41, 5.74) is 9.52. The van der Waals surface area contributed by atoms with E-state index >= 15 is 0 Å². The maximum atomic E-state index is 14.6. The fraction of sp³-hybridized carbons (Fsp3) is 0.115. The molecule has 3 heterocycles. The minimum absolute atomic E-state index is 0. The van der Waals surface area contributed by atoms with Crippen LogP contribution in [-0.2, 0) is 20.1 Å². The van der Waals surface area contributed by atoms with Gasteiger partial charge in [0, 0.05) is 41.6 Å². The van der Waals surface area contributed by atoms with Crippen LogP contribution in [-0.4, -0.2) is 23.2 Å². The van der Waals surface area contributed by atoms with Crippen LogP contribution in [0, 0.1) is 24.8 Å². The SMILES string of the molecule is [2H]C(C)(c1ccccc1)c1cc(-c2[c-]ccc(-c3ccccc3)c2)nc[c]1[Ge]([CH3])([CH3])[CH3].[2H]C([2H])([2H])c1cnc(-c2[c-]cc(F)c3c2oc2ccccc23)cc1-c1ccccc1.[Ir]. The predicted molar refractivity (Wildman–Crippen MR) is 237 cm³/mol. The molecule has 0 aliphatic carbocycles. The first-order valence-electron chi connectivity index (χ1n) is 20.9. The summed E-state index contributed by atoms with van der Waals surface area (Å²) in [4.78, 5) is 9.23. The molecule has 3 aromatic heterocycles. The summed E-state index contributed by atoms with van der Waals surface area (Å²) in [6, 6.07) is 54.5. The predicted octanol–water partition coefficient (Wildman–Crippen LogP) is 13.5. The van der Waals surface area contributed by atoms with Crippen LogP contribution in [0.5, 0.6) is 0 Å². The number of fused-ring (bicyclic) bond motifs is 3. The summed E-state index contributed by atoms with van der Waals surface area (Å²) in [6.07, 6.45) is 3.39. The molecule has 6 heteroatoms. The first-order valence-corrected chi connectivity index (χ1v) is 26.3. The molecule has 0 saturated heterocycles. The average Bonchev–Trinajstić information content (AvgIpc) is 3.67. The fourth-order valence-electron chi connectivity index (χ4n) is 7.15. The zero-order valence-electron chi connectivity index (χ0n) is 36.6. The van der Waals surface area contributed by atoms with E-state index in [1.54, 1.807) is 18.2 Å². The van der Waals surface area contributed by atoms with Crippen molar-refractivity contribution in [3.05, 3.63) is 199 Å². The van der Waals surface area contributed by atoms with E-state index in [2.05, 4.69) is 89.0 Å². The molecule has 0 fully saturated rings. The van der Waals surface area contributed by atoms with E-state index in [9.17, 15) is 5.76 Å². The van der Waals surface area contributed by atoms with Crippen LogP contribution in [0.2, 0.25) is 17.3 Å². The summed E-state index contributed by atoms with van der Waals surface area (Å²) < 4.78 is 54.9. The number of aromatic nitrogens is 2. The molecule has 289 valence electrons. The van der Waals surface area contributed by atoms with Crippen molar-refractivity contribution in [2.45, 2.75) is 36.9 Å². The van der Waals surface area contributed by atoms with E-state index in [-0.39, 0.29) is 25.7 Å². The summed E-state index contributed by atoms with van der Waals surface area (Å²) in [7, 11) is 0. The number of halogens is 1. The van der Waals surface area contributed by atoms with Gasteiger partial charge in [0.15, 0.2) is 0 Å². The van der Waals surface area contributed by atoms with Gasteiger partial charge in [-0.05, 0) is 40.7 Å². The van der Waals surface area contributed by atoms with Crippen LogP contribution < -0.4 is 4.40 Å². The van der Waals surface area contributed by atoms with Gasteiger partial charge in [-0.1, -0.05) is 60.2 Å². The van der Waals surface area contributed by atoms with Crippen molar-refractivity contribution in [3.63, 3.8) is 0 Å². The number of nitrogens with zero attached hydrogens (tertiary/aromatic N) is 2. The smallest absolute Gasteiger partial charge is 0.121 e. The molecule has 0 N–H and O–H groups in total. The third-order valence-corrected chi connectivity index (χ3v) is 14.4. The standard InChI is InChI=1S/C28H28GeN.C24H15FNO.Ir/c1-21(22-12-7-5-8-13-22)26-19-28(30-20-27(26)29(2,3)4)25-17-11-16-24(18-25)23-14-9-6-10-15-23;1-15-14-26-21(13-19(15)16-7-3-2-4-8-16)17-11-12-20(25)23-18-9-5-6-10-22(18)27-24(17)23;/h5-16,18-21H,1-4H3;2-10,12-14H,1H3;/q2*-1;/i21D;1D3;. The van der Waals surface area contributed by atoms with Crippen molar-refractivity contribution in [2.75, 3.05) is 0 Å². The molecule has 0 aliphatic rings. The number of hydrogen-bond donors (Lipinski definition) is 0. The molecule has 0 spiro atoms. The van der Waals surface area contributed by atoms with Crippen LogP contribution in [0.3, 0.4) is 0 Å². The molecule has 9 aromatic rings. The van der Waals surface area contributed by atoms with Crippen LogP contribution in [0.15, 0.2) is 168 Å². The van der Waals surface area contributed by atoms with Crippen molar-refractivity contribution < 1.29 is 34.4 Å². The zero-order valence-corrected chi connectivity index (χ0v) is 37.1. The number of rotatable bonds is 7. The Balaban J connectivity index is 0.000000184. The molecule has 9 rings (SSSR count). The molecule has 0 aliphatic heterocycles. The minimum atomic E-state index is -2.32. The van der Waals surface area contributed by atoms with Crippen LogP contribution in [0.25, 0.3) is 66.7 Å². The van der Waals surface area contributed by atoms with Gasteiger partial charge in [0.2, 0.25) is 0 Å². The first-order chi connectivity index (χ1) is 29.2. The minimum Gasteiger partial charge on any atom is -0.500 e. The number of hydrogen-bond acceptors (Lipinski definition) is 3. The summed E-state index contributed by atoms with van der Waals surface area (Å²) in [6.45, 7) is -0.319. The number of benzene rings is 6. The van der Waals surface area contributed by atoms with E-state index in [1.165, 1.54) is 22.2 Å². The second kappa shape index (κ2) is 17.6. The monoisotopic (exact) mass is 1000 g/mol. The number of para-hydroxylation sites is 1. The van der Waals surface area contributed by atoms with Gasteiger partial charge < -0.3 is 9.40 Å². The van der Waals surface area contributed by atoms with Gasteiger partial charge in [0.1, 0.15) is 5.58 Å². The van der Waals surface area contributed by atoms with Gasteiger partial charge in [-0.3, -0.25) is 4.39 Å². The maximum absolute atomic E-state index is 14.6. The molecule has 1 unspecified atom stereocenters. The normalized spacial score (nSPS) is 13.5. The Kier molecular flexibility index (Phi) is 10.8. The van der Waals surface area contributed by atoms with Crippen molar-refractivity contribution in [1.82, 2.24) is 9.97 Å². The Bertz CT molecular complexity index is 2990. The third-order valence-electron chi connectivity index (χ3n) is 10.2. The number of aryl methyl sites for hydroxylation is 1. The van der Waals surface area contributed by atoms with Crippen LogP contribution >= 0.6 is 0 Å². The van der Waals surface area contributed by atoms with Crippen molar-refractivity contribution >= 4 is 39.6 Å². The van der Waals surface area contributed by atoms with Crippen LogP contribution in [0.4, 0.5) is 4.39 Å². The van der Waals surface area contributed by atoms with Crippen molar-refractivity contribution in [2.24, 2.45) is 0 Å². The average molecular weight is 1000 g/mol. The molecule has 58 heavy (non-hydrogen) atoms. The number of pyridine rings is 2. The van der Waals surface area contributed by atoms with E-state index in [4.69, 9.17) is 13.5 Å². The second-order valence-corrected chi connectivity index (χ2v) is 25.6. The van der Waals surface area contributed by atoms with Crippen molar-refractivity contribution in [1.29, 1.82) is 0 Å². The first kappa shape index (κ1) is 35.7. The van der Waals surface area contributed by atoms with E-state index < -0.39 is 31.8 Å². The van der Waals surface area contributed by atoms with E-state index in [0.29, 0.717) is 38.8 Å². The molecule has 0 bridgehead atoms.